The van der Waals surface area contributed by atoms with Crippen molar-refractivity contribution in [2.45, 2.75) is 13.8 Å². The minimum Gasteiger partial charge on any atom is -0.378 e. The fourth-order valence-corrected chi connectivity index (χ4v) is 2.51. The van der Waals surface area contributed by atoms with Gasteiger partial charge in [0.2, 0.25) is 5.95 Å². The Kier molecular flexibility index (Phi) is 5.01. The van der Waals surface area contributed by atoms with Crippen molar-refractivity contribution in [1.82, 2.24) is 9.97 Å². The number of carbonyl (C=O) groups excluding carboxylic acids is 1. The topological polar surface area (TPSA) is 55.3 Å². The first-order chi connectivity index (χ1) is 11.6. The summed E-state index contributed by atoms with van der Waals surface area (Å²) in [7, 11) is 0. The molecule has 0 spiro atoms. The van der Waals surface area contributed by atoms with Crippen LogP contribution in [-0.4, -0.2) is 42.1 Å². The van der Waals surface area contributed by atoms with Gasteiger partial charge >= 0.3 is 0 Å². The summed E-state index contributed by atoms with van der Waals surface area (Å²) in [5, 5.41) is 0. The molecule has 0 unspecified atom stereocenters. The smallest absolute Gasteiger partial charge is 0.225 e. The van der Waals surface area contributed by atoms with Crippen LogP contribution < -0.4 is 4.90 Å². The number of aromatic nitrogens is 2. The van der Waals surface area contributed by atoms with Crippen LogP contribution in [0.5, 0.6) is 0 Å². The van der Waals surface area contributed by atoms with Crippen molar-refractivity contribution in [3.8, 4) is 0 Å². The van der Waals surface area contributed by atoms with Crippen LogP contribution in [0.2, 0.25) is 0 Å². The van der Waals surface area contributed by atoms with Gasteiger partial charge in [0.25, 0.3) is 0 Å². The number of ketones is 1. The summed E-state index contributed by atoms with van der Waals surface area (Å²) in [6.45, 7) is 7.06. The Morgan fingerprint density at radius 2 is 1.83 bits per heavy atom. The Labute approximate surface area is 142 Å². The van der Waals surface area contributed by atoms with Gasteiger partial charge in [-0.3, -0.25) is 4.79 Å². The predicted octanol–water partition coefficient (Wildman–Crippen LogP) is 2.83. The molecule has 24 heavy (non-hydrogen) atoms. The lowest BCUT2D eigenvalue weighted by molar-refractivity contribution is 0.104. The average molecular weight is 323 g/mol. The third-order valence-corrected chi connectivity index (χ3v) is 4.17. The summed E-state index contributed by atoms with van der Waals surface area (Å²) in [6.07, 6.45) is 6.79. The maximum absolute atomic E-state index is 12.2. The van der Waals surface area contributed by atoms with Crippen LogP contribution in [0.4, 0.5) is 5.95 Å². The fourth-order valence-electron chi connectivity index (χ4n) is 2.51. The lowest BCUT2D eigenvalue weighted by Gasteiger charge is -2.26. The van der Waals surface area contributed by atoms with Crippen LogP contribution in [0, 0.1) is 13.8 Å². The normalized spacial score (nSPS) is 15.0. The SMILES string of the molecule is Cc1ccc(C(=O)/C=C\c2cnc(N3CCOCC3)nc2)cc1C. The zero-order chi connectivity index (χ0) is 16.9. The van der Waals surface area contributed by atoms with Gasteiger partial charge < -0.3 is 9.64 Å². The maximum Gasteiger partial charge on any atom is 0.225 e. The molecule has 0 atom stereocenters. The largest absolute Gasteiger partial charge is 0.378 e. The van der Waals surface area contributed by atoms with Crippen LogP contribution in [0.15, 0.2) is 36.7 Å². The molecule has 0 aliphatic carbocycles. The van der Waals surface area contributed by atoms with E-state index in [0.29, 0.717) is 24.7 Å². The molecule has 1 aromatic heterocycles. The van der Waals surface area contributed by atoms with Crippen molar-refractivity contribution in [3.05, 3.63) is 58.9 Å². The van der Waals surface area contributed by atoms with E-state index in [1.54, 1.807) is 24.5 Å². The fraction of sp³-hybridized carbons (Fsp3) is 0.316. The number of hydrogen-bond donors (Lipinski definition) is 0. The van der Waals surface area contributed by atoms with Gasteiger partial charge in [0.1, 0.15) is 0 Å². The van der Waals surface area contributed by atoms with Gasteiger partial charge in [-0.15, -0.1) is 0 Å². The molecule has 2 heterocycles. The number of anilines is 1. The molecule has 124 valence electrons. The molecule has 0 amide bonds. The van der Waals surface area contributed by atoms with E-state index in [1.165, 1.54) is 5.56 Å². The van der Waals surface area contributed by atoms with Crippen molar-refractivity contribution >= 4 is 17.8 Å². The van der Waals surface area contributed by atoms with Gasteiger partial charge in [0.15, 0.2) is 5.78 Å². The zero-order valence-corrected chi connectivity index (χ0v) is 14.0. The van der Waals surface area contributed by atoms with E-state index >= 15 is 0 Å². The van der Waals surface area contributed by atoms with Crippen LogP contribution in [-0.2, 0) is 4.74 Å². The Balaban J connectivity index is 1.67. The summed E-state index contributed by atoms with van der Waals surface area (Å²) in [5.41, 5.74) is 3.81. The van der Waals surface area contributed by atoms with E-state index in [0.717, 1.165) is 24.2 Å². The predicted molar refractivity (Wildman–Crippen MR) is 94.3 cm³/mol. The molecule has 0 N–H and O–H groups in total. The Morgan fingerprint density at radius 3 is 2.50 bits per heavy atom. The highest BCUT2D eigenvalue weighted by Crippen LogP contribution is 2.13. The summed E-state index contributed by atoms with van der Waals surface area (Å²) in [4.78, 5) is 23.1. The van der Waals surface area contributed by atoms with E-state index in [4.69, 9.17) is 4.74 Å². The van der Waals surface area contributed by atoms with Crippen molar-refractivity contribution in [2.24, 2.45) is 0 Å². The second kappa shape index (κ2) is 7.36. The third kappa shape index (κ3) is 3.86. The van der Waals surface area contributed by atoms with Crippen LogP contribution in [0.1, 0.15) is 27.0 Å². The Bertz CT molecular complexity index is 748. The first kappa shape index (κ1) is 16.3. The molecule has 0 saturated carbocycles. The highest BCUT2D eigenvalue weighted by molar-refractivity contribution is 6.06. The standard InChI is InChI=1S/C19H21N3O2/c1-14-3-5-17(11-15(14)2)18(23)6-4-16-12-20-19(21-13-16)22-7-9-24-10-8-22/h3-6,11-13H,7-10H2,1-2H3/b6-4-. The van der Waals surface area contributed by atoms with Crippen molar-refractivity contribution < 1.29 is 9.53 Å². The van der Waals surface area contributed by atoms with Crippen LogP contribution >= 0.6 is 0 Å². The van der Waals surface area contributed by atoms with E-state index < -0.39 is 0 Å². The lowest BCUT2D eigenvalue weighted by Crippen LogP contribution is -2.37. The first-order valence-corrected chi connectivity index (χ1v) is 8.08. The van der Waals surface area contributed by atoms with Gasteiger partial charge in [0.05, 0.1) is 13.2 Å². The molecule has 2 aromatic rings. The first-order valence-electron chi connectivity index (χ1n) is 8.08. The number of aryl methyl sites for hydroxylation is 2. The number of allylic oxidation sites excluding steroid dienone is 1. The Hall–Kier alpha value is -2.53. The summed E-state index contributed by atoms with van der Waals surface area (Å²) in [5.74, 6) is 0.686. The molecule has 5 heteroatoms. The van der Waals surface area contributed by atoms with Crippen molar-refractivity contribution in [1.29, 1.82) is 0 Å². The summed E-state index contributed by atoms with van der Waals surface area (Å²) in [6, 6.07) is 5.74. The second-order valence-corrected chi connectivity index (χ2v) is 5.91. The van der Waals surface area contributed by atoms with Gasteiger partial charge in [-0.25, -0.2) is 9.97 Å². The molecular formula is C19H21N3O2. The quantitative estimate of drug-likeness (QED) is 0.640. The third-order valence-electron chi connectivity index (χ3n) is 4.17. The number of carbonyl (C=O) groups is 1. The molecule has 3 rings (SSSR count). The molecule has 1 aromatic carbocycles. The number of morpholine rings is 1. The van der Waals surface area contributed by atoms with Gasteiger partial charge in [-0.1, -0.05) is 12.1 Å². The number of hydrogen-bond acceptors (Lipinski definition) is 5. The monoisotopic (exact) mass is 323 g/mol. The molecule has 1 fully saturated rings. The minimum absolute atomic E-state index is 0.0182. The van der Waals surface area contributed by atoms with Crippen LogP contribution in [0.25, 0.3) is 6.08 Å². The van der Waals surface area contributed by atoms with Gasteiger partial charge in [-0.2, -0.15) is 0 Å². The van der Waals surface area contributed by atoms with Crippen LogP contribution in [0.3, 0.4) is 0 Å². The van der Waals surface area contributed by atoms with Crippen molar-refractivity contribution in [3.63, 3.8) is 0 Å². The number of rotatable bonds is 4. The molecule has 1 aliphatic heterocycles. The zero-order valence-electron chi connectivity index (χ0n) is 14.0. The van der Waals surface area contributed by atoms with Gasteiger partial charge in [-0.05, 0) is 43.2 Å². The summed E-state index contributed by atoms with van der Waals surface area (Å²) >= 11 is 0. The van der Waals surface area contributed by atoms with E-state index in [2.05, 4.69) is 14.9 Å². The van der Waals surface area contributed by atoms with E-state index in [-0.39, 0.29) is 5.78 Å². The van der Waals surface area contributed by atoms with E-state index in [1.807, 2.05) is 32.0 Å². The second-order valence-electron chi connectivity index (χ2n) is 5.91. The highest BCUT2D eigenvalue weighted by atomic mass is 16.5. The summed E-state index contributed by atoms with van der Waals surface area (Å²) < 4.78 is 5.32. The number of ether oxygens (including phenoxy) is 1. The maximum atomic E-state index is 12.2. The lowest BCUT2D eigenvalue weighted by atomic mass is 10.0. The van der Waals surface area contributed by atoms with Gasteiger partial charge in [0, 0.05) is 36.6 Å². The highest BCUT2D eigenvalue weighted by Gasteiger charge is 2.13. The average Bonchev–Trinajstić information content (AvgIpc) is 2.63. The number of benzene rings is 1. The molecule has 1 aliphatic rings. The minimum atomic E-state index is -0.0182. The molecule has 5 nitrogen and oxygen atoms in total. The molecule has 0 radical (unpaired) electrons. The molecule has 1 saturated heterocycles. The molecule has 0 bridgehead atoms. The Morgan fingerprint density at radius 1 is 1.12 bits per heavy atom. The molecular weight excluding hydrogens is 302 g/mol. The number of nitrogens with zero attached hydrogens (tertiary/aromatic N) is 3. The van der Waals surface area contributed by atoms with E-state index in [9.17, 15) is 4.79 Å². The van der Waals surface area contributed by atoms with Crippen molar-refractivity contribution in [2.75, 3.05) is 31.2 Å².